The molecular formula is C10H18N4O. The van der Waals surface area contributed by atoms with E-state index in [9.17, 15) is 4.79 Å². The van der Waals surface area contributed by atoms with Crippen LogP contribution in [0.2, 0.25) is 0 Å². The van der Waals surface area contributed by atoms with E-state index in [-0.39, 0.29) is 5.91 Å². The van der Waals surface area contributed by atoms with Crippen LogP contribution in [0, 0.1) is 6.92 Å². The Bertz CT molecular complexity index is 332. The van der Waals surface area contributed by atoms with Crippen molar-refractivity contribution in [1.29, 1.82) is 0 Å². The number of likely N-dealkylation sites (N-methyl/N-ethyl adjacent to an activating group) is 2. The largest absolute Gasteiger partial charge is 0.339 e. The molecule has 0 radical (unpaired) electrons. The first kappa shape index (κ1) is 11.7. The molecule has 0 saturated carbocycles. The molecule has 15 heavy (non-hydrogen) atoms. The normalized spacial score (nSPS) is 10.7. The highest BCUT2D eigenvalue weighted by Crippen LogP contribution is 2.01. The highest BCUT2D eigenvalue weighted by Gasteiger charge is 2.14. The molecule has 1 aromatic rings. The van der Waals surface area contributed by atoms with Gasteiger partial charge in [0.2, 0.25) is 0 Å². The molecule has 5 nitrogen and oxygen atoms in total. The number of nitrogens with one attached hydrogen (secondary N) is 1. The van der Waals surface area contributed by atoms with Crippen LogP contribution >= 0.6 is 0 Å². The summed E-state index contributed by atoms with van der Waals surface area (Å²) < 4.78 is 0. The number of carbonyl (C=O) groups excluding carboxylic acids is 1. The summed E-state index contributed by atoms with van der Waals surface area (Å²) in [5.74, 6) is -0.0406. The van der Waals surface area contributed by atoms with Gasteiger partial charge in [0.15, 0.2) is 0 Å². The monoisotopic (exact) mass is 210 g/mol. The van der Waals surface area contributed by atoms with Gasteiger partial charge in [-0.2, -0.15) is 5.10 Å². The third kappa shape index (κ3) is 3.36. The fourth-order valence-corrected chi connectivity index (χ4v) is 1.17. The van der Waals surface area contributed by atoms with Gasteiger partial charge >= 0.3 is 0 Å². The highest BCUT2D eigenvalue weighted by atomic mass is 16.2. The van der Waals surface area contributed by atoms with E-state index in [1.165, 1.54) is 0 Å². The number of aromatic amines is 1. The smallest absolute Gasteiger partial charge is 0.274 e. The zero-order chi connectivity index (χ0) is 11.4. The van der Waals surface area contributed by atoms with Gasteiger partial charge in [0.05, 0.1) is 0 Å². The fraction of sp³-hybridized carbons (Fsp3) is 0.600. The van der Waals surface area contributed by atoms with E-state index in [1.807, 2.05) is 25.9 Å². The molecule has 0 aromatic carbocycles. The Labute approximate surface area is 90.1 Å². The maximum atomic E-state index is 11.8. The molecule has 0 aliphatic heterocycles. The molecule has 0 unspecified atom stereocenters. The molecule has 0 aliphatic carbocycles. The molecule has 0 spiro atoms. The maximum Gasteiger partial charge on any atom is 0.274 e. The van der Waals surface area contributed by atoms with Crippen LogP contribution in [-0.2, 0) is 0 Å². The fourth-order valence-electron chi connectivity index (χ4n) is 1.17. The van der Waals surface area contributed by atoms with Crippen molar-refractivity contribution in [1.82, 2.24) is 20.0 Å². The third-order valence-electron chi connectivity index (χ3n) is 2.15. The van der Waals surface area contributed by atoms with Crippen LogP contribution in [0.25, 0.3) is 0 Å². The number of rotatable bonds is 4. The molecule has 1 heterocycles. The lowest BCUT2D eigenvalue weighted by Crippen LogP contribution is -2.33. The molecule has 5 heteroatoms. The summed E-state index contributed by atoms with van der Waals surface area (Å²) in [6, 6.07) is 1.76. The molecule has 0 bridgehead atoms. The van der Waals surface area contributed by atoms with Crippen molar-refractivity contribution in [2.24, 2.45) is 0 Å². The van der Waals surface area contributed by atoms with E-state index < -0.39 is 0 Å². The number of carbonyl (C=O) groups is 1. The van der Waals surface area contributed by atoms with Crippen molar-refractivity contribution in [3.8, 4) is 0 Å². The molecule has 1 rings (SSSR count). The van der Waals surface area contributed by atoms with E-state index in [4.69, 9.17) is 0 Å². The maximum absolute atomic E-state index is 11.8. The molecule has 0 fully saturated rings. The lowest BCUT2D eigenvalue weighted by molar-refractivity contribution is 0.0780. The van der Waals surface area contributed by atoms with Gasteiger partial charge in [0.1, 0.15) is 5.69 Å². The number of aromatic nitrogens is 2. The summed E-state index contributed by atoms with van der Waals surface area (Å²) in [5, 5.41) is 6.70. The van der Waals surface area contributed by atoms with Gasteiger partial charge in [-0.05, 0) is 27.1 Å². The van der Waals surface area contributed by atoms with Gasteiger partial charge in [-0.3, -0.25) is 9.89 Å². The topological polar surface area (TPSA) is 52.2 Å². The highest BCUT2D eigenvalue weighted by molar-refractivity contribution is 5.92. The van der Waals surface area contributed by atoms with Crippen molar-refractivity contribution < 1.29 is 4.79 Å². The average Bonchev–Trinajstić information content (AvgIpc) is 2.60. The van der Waals surface area contributed by atoms with Crippen LogP contribution in [0.5, 0.6) is 0 Å². The van der Waals surface area contributed by atoms with Crippen LogP contribution in [-0.4, -0.2) is 60.1 Å². The van der Waals surface area contributed by atoms with Crippen LogP contribution in [0.15, 0.2) is 6.07 Å². The molecular weight excluding hydrogens is 192 g/mol. The second-order valence-electron chi connectivity index (χ2n) is 3.97. The minimum Gasteiger partial charge on any atom is -0.339 e. The van der Waals surface area contributed by atoms with Gasteiger partial charge in [-0.1, -0.05) is 0 Å². The lowest BCUT2D eigenvalue weighted by Gasteiger charge is -2.18. The second-order valence-corrected chi connectivity index (χ2v) is 3.97. The zero-order valence-electron chi connectivity index (χ0n) is 9.74. The molecule has 1 N–H and O–H groups in total. The van der Waals surface area contributed by atoms with Gasteiger partial charge in [0.25, 0.3) is 5.91 Å². The van der Waals surface area contributed by atoms with Crippen molar-refractivity contribution in [3.05, 3.63) is 17.5 Å². The molecule has 0 atom stereocenters. The van der Waals surface area contributed by atoms with E-state index in [1.54, 1.807) is 18.0 Å². The molecule has 0 saturated heterocycles. The predicted molar refractivity (Wildman–Crippen MR) is 58.8 cm³/mol. The lowest BCUT2D eigenvalue weighted by atomic mass is 10.3. The SMILES string of the molecule is Cc1cc(C(=O)N(C)CCN(C)C)n[nH]1. The standard InChI is InChI=1S/C10H18N4O/c1-8-7-9(12-11-8)10(15)14(4)6-5-13(2)3/h7H,5-6H2,1-4H3,(H,11,12). The summed E-state index contributed by atoms with van der Waals surface area (Å²) in [5.41, 5.74) is 1.38. The molecule has 84 valence electrons. The Morgan fingerprint density at radius 3 is 2.53 bits per heavy atom. The van der Waals surface area contributed by atoms with E-state index >= 15 is 0 Å². The van der Waals surface area contributed by atoms with Crippen molar-refractivity contribution in [2.75, 3.05) is 34.2 Å². The number of aryl methyl sites for hydroxylation is 1. The van der Waals surface area contributed by atoms with E-state index in [0.29, 0.717) is 12.2 Å². The first-order chi connectivity index (χ1) is 7.00. The summed E-state index contributed by atoms with van der Waals surface area (Å²) >= 11 is 0. The van der Waals surface area contributed by atoms with Crippen LogP contribution < -0.4 is 0 Å². The number of H-pyrrole nitrogens is 1. The summed E-state index contributed by atoms with van der Waals surface area (Å²) in [4.78, 5) is 15.5. The first-order valence-corrected chi connectivity index (χ1v) is 4.93. The Morgan fingerprint density at radius 2 is 2.07 bits per heavy atom. The number of amides is 1. The van der Waals surface area contributed by atoms with Gasteiger partial charge < -0.3 is 9.80 Å². The van der Waals surface area contributed by atoms with Crippen LogP contribution in [0.3, 0.4) is 0 Å². The average molecular weight is 210 g/mol. The third-order valence-corrected chi connectivity index (χ3v) is 2.15. The zero-order valence-corrected chi connectivity index (χ0v) is 9.74. The summed E-state index contributed by atoms with van der Waals surface area (Å²) in [6.07, 6.45) is 0. The molecule has 0 aliphatic rings. The number of hydrogen-bond donors (Lipinski definition) is 1. The van der Waals surface area contributed by atoms with Gasteiger partial charge in [-0.15, -0.1) is 0 Å². The molecule has 1 aromatic heterocycles. The first-order valence-electron chi connectivity index (χ1n) is 4.93. The van der Waals surface area contributed by atoms with Crippen molar-refractivity contribution >= 4 is 5.91 Å². The number of nitrogens with zero attached hydrogens (tertiary/aromatic N) is 3. The number of hydrogen-bond acceptors (Lipinski definition) is 3. The Morgan fingerprint density at radius 1 is 1.40 bits per heavy atom. The predicted octanol–water partition coefficient (Wildman–Crippen LogP) is 0.352. The minimum atomic E-state index is -0.0406. The Kier molecular flexibility index (Phi) is 3.85. The summed E-state index contributed by atoms with van der Waals surface area (Å²) in [7, 11) is 5.75. The Balaban J connectivity index is 2.53. The van der Waals surface area contributed by atoms with Crippen LogP contribution in [0.4, 0.5) is 0 Å². The summed E-state index contributed by atoms with van der Waals surface area (Å²) in [6.45, 7) is 3.44. The second kappa shape index (κ2) is 4.93. The van der Waals surface area contributed by atoms with Crippen LogP contribution in [0.1, 0.15) is 16.2 Å². The van der Waals surface area contributed by atoms with E-state index in [0.717, 1.165) is 12.2 Å². The minimum absolute atomic E-state index is 0.0406. The van der Waals surface area contributed by atoms with Gasteiger partial charge in [0, 0.05) is 25.8 Å². The van der Waals surface area contributed by atoms with Gasteiger partial charge in [-0.25, -0.2) is 0 Å². The van der Waals surface area contributed by atoms with Crippen molar-refractivity contribution in [2.45, 2.75) is 6.92 Å². The quantitative estimate of drug-likeness (QED) is 0.780. The van der Waals surface area contributed by atoms with E-state index in [2.05, 4.69) is 10.2 Å². The molecule has 1 amide bonds. The Hall–Kier alpha value is -1.36. The van der Waals surface area contributed by atoms with Crippen molar-refractivity contribution in [3.63, 3.8) is 0 Å².